The highest BCUT2D eigenvalue weighted by Gasteiger charge is 2.20. The number of benzene rings is 2. The quantitative estimate of drug-likeness (QED) is 0.353. The van der Waals surface area contributed by atoms with Crippen LogP contribution in [0.2, 0.25) is 0 Å². The second-order valence-electron chi connectivity index (χ2n) is 8.02. The molecule has 0 fully saturated rings. The molecule has 0 amide bonds. The summed E-state index contributed by atoms with van der Waals surface area (Å²) >= 11 is 0. The van der Waals surface area contributed by atoms with Gasteiger partial charge in [0.05, 0.1) is 22.3 Å². The Hall–Kier alpha value is -3.61. The third-order valence-corrected chi connectivity index (χ3v) is 6.62. The summed E-state index contributed by atoms with van der Waals surface area (Å²) in [6, 6.07) is 12.0. The largest absolute Gasteiger partial charge is 0.487 e. The molecular formula is C23H25FN6O4S. The van der Waals surface area contributed by atoms with Gasteiger partial charge in [-0.05, 0) is 50.5 Å². The molecule has 4 aromatic rings. The Morgan fingerprint density at radius 1 is 1.17 bits per heavy atom. The highest BCUT2D eigenvalue weighted by Crippen LogP contribution is 2.27. The molecule has 35 heavy (non-hydrogen) atoms. The molecule has 0 spiro atoms. The van der Waals surface area contributed by atoms with Crippen LogP contribution < -0.4 is 9.46 Å². The van der Waals surface area contributed by atoms with E-state index < -0.39 is 10.0 Å². The molecule has 0 atom stereocenters. The van der Waals surface area contributed by atoms with Crippen LogP contribution in [0.4, 0.5) is 4.39 Å². The summed E-state index contributed by atoms with van der Waals surface area (Å²) in [5.74, 6) is 0.600. The standard InChI is InChI=1S/C23H25FN6O4S/c1-29(2)12-11-26-35(31,32)19-6-4-5-16(13-19)22-27-23(34-28-22)20-14-25-30(3)21(20)15-33-18-9-7-17(24)8-10-18/h4-10,13-14,26H,11-12,15H2,1-3H3. The van der Waals surface area contributed by atoms with Crippen molar-refractivity contribution in [2.75, 3.05) is 27.2 Å². The highest BCUT2D eigenvalue weighted by molar-refractivity contribution is 7.89. The van der Waals surface area contributed by atoms with Crippen molar-refractivity contribution in [1.29, 1.82) is 0 Å². The van der Waals surface area contributed by atoms with E-state index >= 15 is 0 Å². The number of ether oxygens (including phenoxy) is 1. The van der Waals surface area contributed by atoms with E-state index in [1.54, 1.807) is 30.1 Å². The Bertz CT molecular complexity index is 1400. The van der Waals surface area contributed by atoms with Crippen LogP contribution in [-0.4, -0.2) is 60.4 Å². The molecule has 0 bridgehead atoms. The van der Waals surface area contributed by atoms with Crippen LogP contribution in [0.25, 0.3) is 22.8 Å². The average Bonchev–Trinajstić information content (AvgIpc) is 3.45. The maximum atomic E-state index is 13.1. The summed E-state index contributed by atoms with van der Waals surface area (Å²) in [6.07, 6.45) is 1.58. The minimum atomic E-state index is -3.69. The van der Waals surface area contributed by atoms with Gasteiger partial charge >= 0.3 is 0 Å². The first-order valence-electron chi connectivity index (χ1n) is 10.7. The molecule has 0 aliphatic heterocycles. The lowest BCUT2D eigenvalue weighted by molar-refractivity contribution is 0.294. The molecule has 0 radical (unpaired) electrons. The summed E-state index contributed by atoms with van der Waals surface area (Å²) in [6.45, 7) is 1.00. The highest BCUT2D eigenvalue weighted by atomic mass is 32.2. The topological polar surface area (TPSA) is 115 Å². The van der Waals surface area contributed by atoms with Crippen molar-refractivity contribution >= 4 is 10.0 Å². The van der Waals surface area contributed by atoms with Gasteiger partial charge in [0.15, 0.2) is 0 Å². The lowest BCUT2D eigenvalue weighted by atomic mass is 10.2. The van der Waals surface area contributed by atoms with Gasteiger partial charge in [-0.15, -0.1) is 0 Å². The number of likely N-dealkylation sites (N-methyl/N-ethyl adjacent to an activating group) is 1. The van der Waals surface area contributed by atoms with Gasteiger partial charge in [-0.2, -0.15) is 10.1 Å². The maximum Gasteiger partial charge on any atom is 0.261 e. The minimum absolute atomic E-state index is 0.106. The SMILES string of the molecule is CN(C)CCNS(=O)(=O)c1cccc(-c2noc(-c3cnn(C)c3COc3ccc(F)cc3)n2)c1. The summed E-state index contributed by atoms with van der Waals surface area (Å²) < 4.78 is 53.8. The normalized spacial score (nSPS) is 11.8. The fourth-order valence-corrected chi connectivity index (χ4v) is 4.30. The van der Waals surface area contributed by atoms with E-state index in [0.717, 1.165) is 0 Å². The van der Waals surface area contributed by atoms with Crippen LogP contribution >= 0.6 is 0 Å². The monoisotopic (exact) mass is 500 g/mol. The molecule has 0 unspecified atom stereocenters. The van der Waals surface area contributed by atoms with Crippen LogP contribution in [0.5, 0.6) is 5.75 Å². The lowest BCUT2D eigenvalue weighted by Crippen LogP contribution is -2.31. The number of hydrogen-bond donors (Lipinski definition) is 1. The summed E-state index contributed by atoms with van der Waals surface area (Å²) in [4.78, 5) is 6.43. The summed E-state index contributed by atoms with van der Waals surface area (Å²) in [5.41, 5.74) is 1.73. The van der Waals surface area contributed by atoms with Crippen LogP contribution in [0.15, 0.2) is 64.1 Å². The van der Waals surface area contributed by atoms with E-state index in [-0.39, 0.29) is 35.6 Å². The van der Waals surface area contributed by atoms with Gasteiger partial charge in [0.25, 0.3) is 5.89 Å². The van der Waals surface area contributed by atoms with Crippen molar-refractivity contribution in [1.82, 2.24) is 29.5 Å². The Balaban J connectivity index is 1.53. The van der Waals surface area contributed by atoms with Crippen molar-refractivity contribution < 1.29 is 22.1 Å². The number of halogens is 1. The van der Waals surface area contributed by atoms with E-state index in [9.17, 15) is 12.8 Å². The molecule has 0 saturated heterocycles. The van der Waals surface area contributed by atoms with Crippen molar-refractivity contribution in [3.63, 3.8) is 0 Å². The first-order chi connectivity index (χ1) is 16.7. The maximum absolute atomic E-state index is 13.1. The first kappa shape index (κ1) is 24.5. The number of hydrogen-bond acceptors (Lipinski definition) is 8. The summed E-state index contributed by atoms with van der Waals surface area (Å²) in [7, 11) is 1.80. The van der Waals surface area contributed by atoms with Crippen molar-refractivity contribution in [3.05, 3.63) is 66.2 Å². The van der Waals surface area contributed by atoms with Gasteiger partial charge in [-0.3, -0.25) is 4.68 Å². The smallest absolute Gasteiger partial charge is 0.261 e. The van der Waals surface area contributed by atoms with Crippen LogP contribution in [0, 0.1) is 5.82 Å². The zero-order valence-electron chi connectivity index (χ0n) is 19.5. The number of rotatable bonds is 10. The fourth-order valence-electron chi connectivity index (χ4n) is 3.23. The number of sulfonamides is 1. The Morgan fingerprint density at radius 3 is 2.69 bits per heavy atom. The number of nitrogens with zero attached hydrogens (tertiary/aromatic N) is 5. The molecule has 0 aliphatic carbocycles. The molecule has 10 nitrogen and oxygen atoms in total. The molecule has 0 aliphatic rings. The van der Waals surface area contributed by atoms with Crippen molar-refractivity contribution in [3.8, 4) is 28.6 Å². The fraction of sp³-hybridized carbons (Fsp3) is 0.261. The molecule has 0 saturated carbocycles. The second kappa shape index (κ2) is 10.3. The molecule has 2 aromatic heterocycles. The molecule has 2 heterocycles. The van der Waals surface area contributed by atoms with Gasteiger partial charge < -0.3 is 14.2 Å². The van der Waals surface area contributed by atoms with Gasteiger partial charge in [0.2, 0.25) is 15.8 Å². The number of aromatic nitrogens is 4. The third-order valence-electron chi connectivity index (χ3n) is 5.16. The minimum Gasteiger partial charge on any atom is -0.487 e. The Kier molecular flexibility index (Phi) is 7.24. The van der Waals surface area contributed by atoms with E-state index in [1.807, 2.05) is 19.0 Å². The Morgan fingerprint density at radius 2 is 1.94 bits per heavy atom. The van der Waals surface area contributed by atoms with Crippen molar-refractivity contribution in [2.45, 2.75) is 11.5 Å². The van der Waals surface area contributed by atoms with Gasteiger partial charge in [0, 0.05) is 25.7 Å². The van der Waals surface area contributed by atoms with Crippen LogP contribution in [-0.2, 0) is 23.7 Å². The second-order valence-corrected chi connectivity index (χ2v) is 9.79. The van der Waals surface area contributed by atoms with E-state index in [1.165, 1.54) is 36.4 Å². The van der Waals surface area contributed by atoms with Crippen LogP contribution in [0.3, 0.4) is 0 Å². The van der Waals surface area contributed by atoms with Crippen LogP contribution in [0.1, 0.15) is 5.69 Å². The molecule has 12 heteroatoms. The predicted octanol–water partition coefficient (Wildman–Crippen LogP) is 2.70. The predicted molar refractivity (Wildman–Crippen MR) is 126 cm³/mol. The van der Waals surface area contributed by atoms with Gasteiger partial charge in [-0.25, -0.2) is 17.5 Å². The summed E-state index contributed by atoms with van der Waals surface area (Å²) in [5, 5.41) is 8.27. The molecular weight excluding hydrogens is 475 g/mol. The molecule has 2 aromatic carbocycles. The lowest BCUT2D eigenvalue weighted by Gasteiger charge is -2.11. The van der Waals surface area contributed by atoms with Gasteiger partial charge in [0.1, 0.15) is 18.2 Å². The Labute approximate surface area is 202 Å². The number of aryl methyl sites for hydroxylation is 1. The van der Waals surface area contributed by atoms with E-state index in [2.05, 4.69) is 20.0 Å². The van der Waals surface area contributed by atoms with Gasteiger partial charge in [-0.1, -0.05) is 17.3 Å². The average molecular weight is 501 g/mol. The van der Waals surface area contributed by atoms with E-state index in [0.29, 0.717) is 29.1 Å². The van der Waals surface area contributed by atoms with E-state index in [4.69, 9.17) is 9.26 Å². The van der Waals surface area contributed by atoms with Crippen molar-refractivity contribution in [2.24, 2.45) is 7.05 Å². The molecule has 184 valence electrons. The zero-order valence-corrected chi connectivity index (χ0v) is 20.3. The zero-order chi connectivity index (χ0) is 25.0. The molecule has 4 rings (SSSR count). The number of nitrogens with one attached hydrogen (secondary N) is 1. The third kappa shape index (κ3) is 5.91. The molecule has 1 N–H and O–H groups in total. The first-order valence-corrected chi connectivity index (χ1v) is 12.2.